The van der Waals surface area contributed by atoms with Crippen LogP contribution in [0.4, 0.5) is 5.69 Å². The average Bonchev–Trinajstić information content (AvgIpc) is 2.53. The summed E-state index contributed by atoms with van der Waals surface area (Å²) in [5, 5.41) is 3.76. The zero-order valence-electron chi connectivity index (χ0n) is 14.2. The summed E-state index contributed by atoms with van der Waals surface area (Å²) in [5.41, 5.74) is 2.78. The van der Waals surface area contributed by atoms with Crippen molar-refractivity contribution in [3.8, 4) is 0 Å². The molecule has 25 heavy (non-hydrogen) atoms. The number of nitrogens with one attached hydrogen (secondary N) is 1. The van der Waals surface area contributed by atoms with Crippen molar-refractivity contribution >= 4 is 40.7 Å². The van der Waals surface area contributed by atoms with Gasteiger partial charge < -0.3 is 10.2 Å². The highest BCUT2D eigenvalue weighted by molar-refractivity contribution is 6.35. The van der Waals surface area contributed by atoms with E-state index in [0.29, 0.717) is 22.3 Å². The summed E-state index contributed by atoms with van der Waals surface area (Å²) < 4.78 is 0. The molecule has 0 saturated carbocycles. The van der Waals surface area contributed by atoms with E-state index in [2.05, 4.69) is 5.32 Å². The van der Waals surface area contributed by atoms with Crippen LogP contribution in [-0.4, -0.2) is 18.4 Å². The normalized spacial score (nSPS) is 10.4. The number of nitrogens with zero attached hydrogens (tertiary/aromatic N) is 1. The first-order valence-electron chi connectivity index (χ1n) is 7.92. The monoisotopic (exact) mass is 378 g/mol. The maximum atomic E-state index is 12.1. The second-order valence-corrected chi connectivity index (χ2v) is 6.62. The molecular weight excluding hydrogens is 359 g/mol. The van der Waals surface area contributed by atoms with Gasteiger partial charge in [0.25, 0.3) is 0 Å². The minimum absolute atomic E-state index is 0.123. The van der Waals surface area contributed by atoms with Gasteiger partial charge in [-0.2, -0.15) is 0 Å². The first kappa shape index (κ1) is 19.3. The number of amides is 2. The van der Waals surface area contributed by atoms with E-state index in [1.165, 1.54) is 11.8 Å². The fourth-order valence-corrected chi connectivity index (χ4v) is 2.98. The maximum Gasteiger partial charge on any atom is 0.223 e. The SMILES string of the molecule is CC(=O)N(CCC(=O)NCc1ccccc1C)c1cc(Cl)cc(Cl)c1. The molecule has 0 saturated heterocycles. The van der Waals surface area contributed by atoms with Gasteiger partial charge in [0.2, 0.25) is 11.8 Å². The molecule has 0 unspecified atom stereocenters. The van der Waals surface area contributed by atoms with Gasteiger partial charge in [-0.25, -0.2) is 0 Å². The third-order valence-electron chi connectivity index (χ3n) is 3.84. The van der Waals surface area contributed by atoms with Crippen molar-refractivity contribution in [3.05, 3.63) is 63.6 Å². The quantitative estimate of drug-likeness (QED) is 0.811. The first-order valence-corrected chi connectivity index (χ1v) is 8.68. The smallest absolute Gasteiger partial charge is 0.223 e. The summed E-state index contributed by atoms with van der Waals surface area (Å²) in [5.74, 6) is -0.298. The van der Waals surface area contributed by atoms with E-state index in [0.717, 1.165) is 11.1 Å². The van der Waals surface area contributed by atoms with Crippen molar-refractivity contribution in [3.63, 3.8) is 0 Å². The molecule has 4 nitrogen and oxygen atoms in total. The number of carbonyl (C=O) groups is 2. The van der Waals surface area contributed by atoms with Crippen LogP contribution in [0.3, 0.4) is 0 Å². The number of rotatable bonds is 6. The van der Waals surface area contributed by atoms with Gasteiger partial charge in [0.05, 0.1) is 0 Å². The molecule has 2 rings (SSSR count). The number of halogens is 2. The Labute approximate surface area is 157 Å². The fourth-order valence-electron chi connectivity index (χ4n) is 2.47. The summed E-state index contributed by atoms with van der Waals surface area (Å²) >= 11 is 12.0. The van der Waals surface area contributed by atoms with Gasteiger partial charge in [0.15, 0.2) is 0 Å². The Morgan fingerprint density at radius 2 is 1.72 bits per heavy atom. The van der Waals surface area contributed by atoms with Crippen molar-refractivity contribution in [2.45, 2.75) is 26.8 Å². The Bertz CT molecular complexity index is 758. The lowest BCUT2D eigenvalue weighted by Gasteiger charge is -2.21. The van der Waals surface area contributed by atoms with Gasteiger partial charge in [-0.15, -0.1) is 0 Å². The van der Waals surface area contributed by atoms with Crippen LogP contribution in [0.15, 0.2) is 42.5 Å². The van der Waals surface area contributed by atoms with Gasteiger partial charge in [-0.3, -0.25) is 9.59 Å². The number of aryl methyl sites for hydroxylation is 1. The Kier molecular flexibility index (Phi) is 6.85. The Hall–Kier alpha value is -2.04. The molecule has 0 atom stereocenters. The molecule has 132 valence electrons. The van der Waals surface area contributed by atoms with Crippen molar-refractivity contribution in [1.82, 2.24) is 5.32 Å². The van der Waals surface area contributed by atoms with Crippen LogP contribution < -0.4 is 10.2 Å². The van der Waals surface area contributed by atoms with E-state index in [1.54, 1.807) is 18.2 Å². The zero-order chi connectivity index (χ0) is 18.4. The van der Waals surface area contributed by atoms with Crippen LogP contribution in [0, 0.1) is 6.92 Å². The second-order valence-electron chi connectivity index (χ2n) is 5.75. The predicted molar refractivity (Wildman–Crippen MR) is 102 cm³/mol. The van der Waals surface area contributed by atoms with Crippen LogP contribution in [0.1, 0.15) is 24.5 Å². The third-order valence-corrected chi connectivity index (χ3v) is 4.28. The molecule has 0 heterocycles. The topological polar surface area (TPSA) is 49.4 Å². The average molecular weight is 379 g/mol. The van der Waals surface area contributed by atoms with Crippen molar-refractivity contribution in [1.29, 1.82) is 0 Å². The molecule has 2 aromatic rings. The van der Waals surface area contributed by atoms with Crippen molar-refractivity contribution in [2.75, 3.05) is 11.4 Å². The molecule has 0 aliphatic rings. The summed E-state index contributed by atoms with van der Waals surface area (Å²) in [6.45, 7) is 4.17. The number of hydrogen-bond donors (Lipinski definition) is 1. The second kappa shape index (κ2) is 8.88. The molecule has 2 amide bonds. The van der Waals surface area contributed by atoms with Gasteiger partial charge in [-0.05, 0) is 36.2 Å². The van der Waals surface area contributed by atoms with E-state index in [-0.39, 0.29) is 24.8 Å². The van der Waals surface area contributed by atoms with Gasteiger partial charge in [-0.1, -0.05) is 47.5 Å². The molecule has 2 aromatic carbocycles. The molecule has 0 fully saturated rings. The van der Waals surface area contributed by atoms with Crippen LogP contribution in [0.25, 0.3) is 0 Å². The molecule has 0 bridgehead atoms. The largest absolute Gasteiger partial charge is 0.352 e. The molecular formula is C19H20Cl2N2O2. The molecule has 0 aliphatic heterocycles. The Morgan fingerprint density at radius 3 is 2.32 bits per heavy atom. The third kappa shape index (κ3) is 5.76. The lowest BCUT2D eigenvalue weighted by molar-refractivity contribution is -0.121. The van der Waals surface area contributed by atoms with Gasteiger partial charge >= 0.3 is 0 Å². The van der Waals surface area contributed by atoms with E-state index < -0.39 is 0 Å². The van der Waals surface area contributed by atoms with E-state index in [9.17, 15) is 9.59 Å². The molecule has 0 aliphatic carbocycles. The lowest BCUT2D eigenvalue weighted by Crippen LogP contribution is -2.33. The number of benzene rings is 2. The highest BCUT2D eigenvalue weighted by Crippen LogP contribution is 2.25. The lowest BCUT2D eigenvalue weighted by atomic mass is 10.1. The standard InChI is InChI=1S/C19H20Cl2N2O2/c1-13-5-3-4-6-15(13)12-22-19(25)7-8-23(14(2)24)18-10-16(20)9-17(21)11-18/h3-6,9-11H,7-8,12H2,1-2H3,(H,22,25). The minimum atomic E-state index is -0.176. The van der Waals surface area contributed by atoms with Crippen molar-refractivity contribution in [2.24, 2.45) is 0 Å². The summed E-state index contributed by atoms with van der Waals surface area (Å²) in [4.78, 5) is 25.5. The van der Waals surface area contributed by atoms with Crippen LogP contribution in [0.5, 0.6) is 0 Å². The molecule has 0 radical (unpaired) electrons. The fraction of sp³-hybridized carbons (Fsp3) is 0.263. The number of anilines is 1. The van der Waals surface area contributed by atoms with E-state index >= 15 is 0 Å². The molecule has 6 heteroatoms. The van der Waals surface area contributed by atoms with Gasteiger partial charge in [0.1, 0.15) is 0 Å². The zero-order valence-corrected chi connectivity index (χ0v) is 15.7. The highest BCUT2D eigenvalue weighted by Gasteiger charge is 2.15. The van der Waals surface area contributed by atoms with Crippen molar-refractivity contribution < 1.29 is 9.59 Å². The molecule has 0 aromatic heterocycles. The summed E-state index contributed by atoms with van der Waals surface area (Å²) in [7, 11) is 0. The number of hydrogen-bond acceptors (Lipinski definition) is 2. The minimum Gasteiger partial charge on any atom is -0.352 e. The number of carbonyl (C=O) groups excluding carboxylic acids is 2. The van der Waals surface area contributed by atoms with Crippen LogP contribution in [0.2, 0.25) is 10.0 Å². The Morgan fingerprint density at radius 1 is 1.08 bits per heavy atom. The summed E-state index contributed by atoms with van der Waals surface area (Å²) in [6.07, 6.45) is 0.190. The molecule has 0 spiro atoms. The highest BCUT2D eigenvalue weighted by atomic mass is 35.5. The van der Waals surface area contributed by atoms with E-state index in [1.807, 2.05) is 31.2 Å². The van der Waals surface area contributed by atoms with E-state index in [4.69, 9.17) is 23.2 Å². The maximum absolute atomic E-state index is 12.1. The predicted octanol–water partition coefficient (Wildman–Crippen LogP) is 4.36. The first-order chi connectivity index (χ1) is 11.9. The molecule has 1 N–H and O–H groups in total. The Balaban J connectivity index is 1.95. The summed E-state index contributed by atoms with van der Waals surface area (Å²) in [6, 6.07) is 12.8. The van der Waals surface area contributed by atoms with Crippen LogP contribution in [-0.2, 0) is 16.1 Å². The van der Waals surface area contributed by atoms with Crippen LogP contribution >= 0.6 is 23.2 Å². The van der Waals surface area contributed by atoms with Gasteiger partial charge in [0, 0.05) is 42.2 Å².